The van der Waals surface area contributed by atoms with Crippen LogP contribution >= 0.6 is 11.3 Å². The maximum Gasteiger partial charge on any atom is 0.229 e. The molecule has 1 amide bonds. The van der Waals surface area contributed by atoms with E-state index in [9.17, 15) is 4.79 Å². The zero-order chi connectivity index (χ0) is 18.3. The van der Waals surface area contributed by atoms with E-state index in [1.807, 2.05) is 0 Å². The molecule has 2 bridgehead atoms. The molecule has 2 saturated carbocycles. The third-order valence-corrected chi connectivity index (χ3v) is 6.92. The van der Waals surface area contributed by atoms with E-state index in [2.05, 4.69) is 47.6 Å². The predicted molar refractivity (Wildman–Crippen MR) is 105 cm³/mol. The summed E-state index contributed by atoms with van der Waals surface area (Å²) in [7, 11) is 0. The van der Waals surface area contributed by atoms with E-state index in [0.29, 0.717) is 17.0 Å². The Labute approximate surface area is 158 Å². The Kier molecular flexibility index (Phi) is 4.80. The first-order chi connectivity index (χ1) is 12.5. The van der Waals surface area contributed by atoms with Gasteiger partial charge in [-0.25, -0.2) is 0 Å². The molecule has 4 rings (SSSR count). The molecule has 2 aliphatic carbocycles. The van der Waals surface area contributed by atoms with Crippen molar-refractivity contribution < 1.29 is 4.79 Å². The van der Waals surface area contributed by atoms with Crippen LogP contribution < -0.4 is 11.1 Å². The Morgan fingerprint density at radius 1 is 1.19 bits per heavy atom. The molecule has 0 saturated heterocycles. The van der Waals surface area contributed by atoms with Crippen LogP contribution in [0.4, 0.5) is 5.13 Å². The second kappa shape index (κ2) is 7.08. The number of nitrogens with two attached hydrogens (primary N) is 1. The fourth-order valence-corrected chi connectivity index (χ4v) is 5.48. The van der Waals surface area contributed by atoms with Crippen LogP contribution in [-0.2, 0) is 4.79 Å². The molecule has 2 atom stereocenters. The minimum Gasteiger partial charge on any atom is -0.327 e. The fraction of sp³-hybridized carbons (Fsp3) is 0.550. The normalized spacial score (nSPS) is 28.0. The fourth-order valence-electron chi connectivity index (χ4n) is 4.65. The number of anilines is 1. The lowest BCUT2D eigenvalue weighted by atomic mass is 9.65. The largest absolute Gasteiger partial charge is 0.327 e. The lowest BCUT2D eigenvalue weighted by molar-refractivity contribution is -0.122. The molecule has 3 N–H and O–H groups in total. The summed E-state index contributed by atoms with van der Waals surface area (Å²) < 4.78 is 0. The first-order valence-electron chi connectivity index (χ1n) is 9.49. The summed E-state index contributed by atoms with van der Waals surface area (Å²) >= 11 is 1.44. The van der Waals surface area contributed by atoms with Gasteiger partial charge in [0.2, 0.25) is 11.0 Å². The number of fused-ring (bicyclic) bond motifs is 2. The third kappa shape index (κ3) is 3.40. The molecule has 1 heterocycles. The Morgan fingerprint density at radius 2 is 1.92 bits per heavy atom. The highest BCUT2D eigenvalue weighted by Gasteiger charge is 2.40. The van der Waals surface area contributed by atoms with Crippen LogP contribution in [0.5, 0.6) is 0 Å². The van der Waals surface area contributed by atoms with Crippen LogP contribution in [0.3, 0.4) is 0 Å². The number of benzene rings is 1. The minimum atomic E-state index is 0.0542. The summed E-state index contributed by atoms with van der Waals surface area (Å²) in [5.74, 6) is 1.13. The molecule has 0 aliphatic heterocycles. The third-order valence-electron chi connectivity index (χ3n) is 6.05. The Balaban J connectivity index is 1.45. The molecule has 1 aromatic carbocycles. The summed E-state index contributed by atoms with van der Waals surface area (Å²) in [6.45, 7) is 4.15. The topological polar surface area (TPSA) is 80.9 Å². The van der Waals surface area contributed by atoms with E-state index in [1.165, 1.54) is 28.9 Å². The number of nitrogens with one attached hydrogen (secondary N) is 1. The molecule has 2 fully saturated rings. The van der Waals surface area contributed by atoms with Crippen LogP contribution in [0.1, 0.15) is 43.2 Å². The summed E-state index contributed by atoms with van der Waals surface area (Å²) in [5.41, 5.74) is 9.82. The number of nitrogens with zero attached hydrogens (tertiary/aromatic N) is 2. The quantitative estimate of drug-likeness (QED) is 0.858. The van der Waals surface area contributed by atoms with Crippen molar-refractivity contribution in [3.05, 3.63) is 29.3 Å². The molecule has 0 spiro atoms. The van der Waals surface area contributed by atoms with Crippen molar-refractivity contribution in [2.45, 2.75) is 52.0 Å². The SMILES string of the molecule is Cc1ccc(-c2nnc(NC(=O)C3CC4CCCC(C3)C4N)s2)c(C)c1. The molecule has 26 heavy (non-hydrogen) atoms. The van der Waals surface area contributed by atoms with Gasteiger partial charge in [-0.1, -0.05) is 41.5 Å². The van der Waals surface area contributed by atoms with Gasteiger partial charge in [-0.2, -0.15) is 0 Å². The number of carbonyl (C=O) groups is 1. The molecule has 1 aromatic heterocycles. The smallest absolute Gasteiger partial charge is 0.229 e. The molecule has 2 unspecified atom stereocenters. The van der Waals surface area contributed by atoms with Crippen molar-refractivity contribution in [1.82, 2.24) is 10.2 Å². The highest BCUT2D eigenvalue weighted by atomic mass is 32.1. The molecule has 0 radical (unpaired) electrons. The average Bonchev–Trinajstić information content (AvgIpc) is 3.02. The van der Waals surface area contributed by atoms with Crippen LogP contribution in [0.15, 0.2) is 18.2 Å². The number of aromatic nitrogens is 2. The number of carbonyl (C=O) groups excluding carboxylic acids is 1. The molecule has 138 valence electrons. The zero-order valence-electron chi connectivity index (χ0n) is 15.4. The van der Waals surface area contributed by atoms with Crippen molar-refractivity contribution in [3.8, 4) is 10.6 Å². The van der Waals surface area contributed by atoms with Gasteiger partial charge < -0.3 is 11.1 Å². The van der Waals surface area contributed by atoms with Gasteiger partial charge in [-0.05, 0) is 56.9 Å². The Morgan fingerprint density at radius 3 is 2.62 bits per heavy atom. The van der Waals surface area contributed by atoms with Crippen LogP contribution in [0.25, 0.3) is 10.6 Å². The summed E-state index contributed by atoms with van der Waals surface area (Å²) in [5, 5.41) is 12.9. The van der Waals surface area contributed by atoms with E-state index >= 15 is 0 Å². The molecular weight excluding hydrogens is 344 g/mol. The van der Waals surface area contributed by atoms with Gasteiger partial charge in [0.15, 0.2) is 0 Å². The average molecular weight is 371 g/mol. The van der Waals surface area contributed by atoms with Crippen LogP contribution in [0, 0.1) is 31.6 Å². The van der Waals surface area contributed by atoms with Crippen LogP contribution in [-0.4, -0.2) is 22.1 Å². The van der Waals surface area contributed by atoms with Gasteiger partial charge >= 0.3 is 0 Å². The second-order valence-electron chi connectivity index (χ2n) is 7.92. The lowest BCUT2D eigenvalue weighted by Crippen LogP contribution is -2.48. The first kappa shape index (κ1) is 17.6. The van der Waals surface area contributed by atoms with Crippen molar-refractivity contribution >= 4 is 22.4 Å². The maximum absolute atomic E-state index is 12.7. The molecule has 6 heteroatoms. The van der Waals surface area contributed by atoms with E-state index < -0.39 is 0 Å². The molecular formula is C20H26N4OS. The highest BCUT2D eigenvalue weighted by Crippen LogP contribution is 2.42. The van der Waals surface area contributed by atoms with E-state index in [0.717, 1.165) is 36.3 Å². The first-order valence-corrected chi connectivity index (χ1v) is 10.3. The minimum absolute atomic E-state index is 0.0542. The maximum atomic E-state index is 12.7. The highest BCUT2D eigenvalue weighted by molar-refractivity contribution is 7.18. The van der Waals surface area contributed by atoms with Crippen molar-refractivity contribution in [3.63, 3.8) is 0 Å². The van der Waals surface area contributed by atoms with Crippen molar-refractivity contribution in [2.24, 2.45) is 23.5 Å². The van der Waals surface area contributed by atoms with Gasteiger partial charge in [-0.15, -0.1) is 10.2 Å². The molecule has 5 nitrogen and oxygen atoms in total. The number of aryl methyl sites for hydroxylation is 2. The van der Waals surface area contributed by atoms with Gasteiger partial charge in [0.1, 0.15) is 5.01 Å². The Bertz CT molecular complexity index is 804. The number of hydrogen-bond acceptors (Lipinski definition) is 5. The summed E-state index contributed by atoms with van der Waals surface area (Å²) in [6.07, 6.45) is 5.40. The number of rotatable bonds is 3. The van der Waals surface area contributed by atoms with E-state index in [1.54, 1.807) is 0 Å². The van der Waals surface area contributed by atoms with Gasteiger partial charge in [-0.3, -0.25) is 4.79 Å². The van der Waals surface area contributed by atoms with Crippen LogP contribution in [0.2, 0.25) is 0 Å². The molecule has 2 aromatic rings. The summed E-state index contributed by atoms with van der Waals surface area (Å²) in [6, 6.07) is 6.57. The standard InChI is InChI=1S/C20H26N4OS/c1-11-6-7-16(12(2)8-11)19-23-24-20(26-19)22-18(25)15-9-13-4-3-5-14(10-15)17(13)21/h6-8,13-15,17H,3-5,9-10,21H2,1-2H3,(H,22,24,25). The van der Waals surface area contributed by atoms with Gasteiger partial charge in [0, 0.05) is 17.5 Å². The van der Waals surface area contributed by atoms with Gasteiger partial charge in [0.05, 0.1) is 0 Å². The Hall–Kier alpha value is -1.79. The van der Waals surface area contributed by atoms with Crippen molar-refractivity contribution in [1.29, 1.82) is 0 Å². The van der Waals surface area contributed by atoms with E-state index in [4.69, 9.17) is 5.73 Å². The zero-order valence-corrected chi connectivity index (χ0v) is 16.2. The summed E-state index contributed by atoms with van der Waals surface area (Å²) in [4.78, 5) is 12.7. The lowest BCUT2D eigenvalue weighted by Gasteiger charge is -2.43. The van der Waals surface area contributed by atoms with Gasteiger partial charge in [0.25, 0.3) is 0 Å². The predicted octanol–water partition coefficient (Wildman–Crippen LogP) is 3.91. The second-order valence-corrected chi connectivity index (χ2v) is 8.89. The monoisotopic (exact) mass is 370 g/mol. The number of amides is 1. The molecule has 2 aliphatic rings. The van der Waals surface area contributed by atoms with E-state index in [-0.39, 0.29) is 17.9 Å². The van der Waals surface area contributed by atoms with Crippen molar-refractivity contribution in [2.75, 3.05) is 5.32 Å². The number of hydrogen-bond donors (Lipinski definition) is 2.